The lowest BCUT2D eigenvalue weighted by Crippen LogP contribution is -2.11. The Bertz CT molecular complexity index is 801. The van der Waals surface area contributed by atoms with Crippen molar-refractivity contribution < 1.29 is 4.79 Å². The highest BCUT2D eigenvalue weighted by atomic mass is 32.2. The van der Waals surface area contributed by atoms with Crippen molar-refractivity contribution in [3.8, 4) is 11.3 Å². The maximum absolute atomic E-state index is 12.1. The fourth-order valence-corrected chi connectivity index (χ4v) is 4.00. The zero-order valence-electron chi connectivity index (χ0n) is 13.4. The van der Waals surface area contributed by atoms with Crippen LogP contribution >= 0.6 is 23.1 Å². The number of aryl methyl sites for hydroxylation is 1. The number of aromatic nitrogens is 1. The van der Waals surface area contributed by atoms with E-state index in [0.717, 1.165) is 21.9 Å². The lowest BCUT2D eigenvalue weighted by molar-refractivity contribution is -0.115. The van der Waals surface area contributed by atoms with Crippen LogP contribution in [0.4, 0.5) is 5.13 Å². The normalized spacial score (nSPS) is 10.5. The summed E-state index contributed by atoms with van der Waals surface area (Å²) in [4.78, 5) is 19.0. The van der Waals surface area contributed by atoms with Gasteiger partial charge in [0.2, 0.25) is 5.91 Å². The fraction of sp³-hybridized carbons (Fsp3) is 0.158. The molecule has 2 aromatic carbocycles. The van der Waals surface area contributed by atoms with Crippen molar-refractivity contribution in [1.82, 2.24) is 4.98 Å². The molecule has 0 saturated carbocycles. The fourth-order valence-electron chi connectivity index (χ4n) is 2.27. The number of nitrogens with zero attached hydrogens (tertiary/aromatic N) is 1. The summed E-state index contributed by atoms with van der Waals surface area (Å²) in [5.74, 6) is 0.762. The van der Waals surface area contributed by atoms with Crippen LogP contribution < -0.4 is 5.32 Å². The van der Waals surface area contributed by atoms with Gasteiger partial charge in [0.05, 0.1) is 5.69 Å². The van der Waals surface area contributed by atoms with Crippen molar-refractivity contribution in [3.05, 3.63) is 65.5 Å². The minimum Gasteiger partial charge on any atom is -0.302 e. The Labute approximate surface area is 150 Å². The van der Waals surface area contributed by atoms with Crippen LogP contribution in [0, 0.1) is 6.92 Å². The number of carbonyl (C=O) groups excluding carboxylic acids is 1. The number of amides is 1. The summed E-state index contributed by atoms with van der Waals surface area (Å²) in [5, 5.41) is 3.58. The maximum atomic E-state index is 12.1. The van der Waals surface area contributed by atoms with Gasteiger partial charge in [-0.2, -0.15) is 0 Å². The summed E-state index contributed by atoms with van der Waals surface area (Å²) in [6, 6.07) is 20.1. The molecule has 1 N–H and O–H groups in total. The van der Waals surface area contributed by atoms with Crippen LogP contribution in [0.3, 0.4) is 0 Å². The second-order valence-electron chi connectivity index (χ2n) is 5.25. The van der Waals surface area contributed by atoms with Gasteiger partial charge in [-0.3, -0.25) is 4.79 Å². The average Bonchev–Trinajstić information content (AvgIpc) is 2.97. The molecule has 24 heavy (non-hydrogen) atoms. The van der Waals surface area contributed by atoms with E-state index in [1.54, 1.807) is 11.8 Å². The standard InChI is InChI=1S/C19H18N2OS2/c1-14-18(15-8-4-2-5-9-15)21-19(24-14)20-17(22)12-13-23-16-10-6-3-7-11-16/h2-11H,12-13H2,1H3,(H,20,21,22). The van der Waals surface area contributed by atoms with Crippen LogP contribution in [-0.2, 0) is 4.79 Å². The van der Waals surface area contributed by atoms with Gasteiger partial charge in [0.15, 0.2) is 5.13 Å². The van der Waals surface area contributed by atoms with E-state index in [4.69, 9.17) is 0 Å². The Kier molecular flexibility index (Phi) is 5.67. The number of carbonyl (C=O) groups is 1. The van der Waals surface area contributed by atoms with Crippen molar-refractivity contribution >= 4 is 34.1 Å². The lowest BCUT2D eigenvalue weighted by atomic mass is 10.1. The van der Waals surface area contributed by atoms with E-state index < -0.39 is 0 Å². The highest BCUT2D eigenvalue weighted by molar-refractivity contribution is 7.99. The lowest BCUT2D eigenvalue weighted by Gasteiger charge is -2.02. The molecule has 5 heteroatoms. The monoisotopic (exact) mass is 354 g/mol. The van der Waals surface area contributed by atoms with E-state index in [1.165, 1.54) is 16.2 Å². The largest absolute Gasteiger partial charge is 0.302 e. The SMILES string of the molecule is Cc1sc(NC(=O)CCSc2ccccc2)nc1-c1ccccc1. The zero-order valence-corrected chi connectivity index (χ0v) is 15.0. The number of hydrogen-bond acceptors (Lipinski definition) is 4. The number of nitrogens with one attached hydrogen (secondary N) is 1. The van der Waals surface area contributed by atoms with Crippen LogP contribution in [-0.4, -0.2) is 16.6 Å². The van der Waals surface area contributed by atoms with Crippen molar-refractivity contribution in [2.45, 2.75) is 18.2 Å². The van der Waals surface area contributed by atoms with E-state index >= 15 is 0 Å². The van der Waals surface area contributed by atoms with E-state index in [0.29, 0.717) is 11.6 Å². The third-order valence-electron chi connectivity index (χ3n) is 3.43. The molecule has 0 aliphatic rings. The quantitative estimate of drug-likeness (QED) is 0.616. The van der Waals surface area contributed by atoms with Crippen LogP contribution in [0.25, 0.3) is 11.3 Å². The number of hydrogen-bond donors (Lipinski definition) is 1. The topological polar surface area (TPSA) is 42.0 Å². The third kappa shape index (κ3) is 4.46. The first-order chi connectivity index (χ1) is 11.7. The molecule has 0 atom stereocenters. The zero-order chi connectivity index (χ0) is 16.8. The average molecular weight is 355 g/mol. The summed E-state index contributed by atoms with van der Waals surface area (Å²) in [6.07, 6.45) is 0.471. The minimum absolute atomic E-state index is 0.00629. The van der Waals surface area contributed by atoms with Crippen LogP contribution in [0.2, 0.25) is 0 Å². The molecule has 3 rings (SSSR count). The maximum Gasteiger partial charge on any atom is 0.226 e. The second-order valence-corrected chi connectivity index (χ2v) is 7.62. The Morgan fingerprint density at radius 1 is 1.08 bits per heavy atom. The molecule has 1 heterocycles. The molecule has 0 unspecified atom stereocenters. The number of benzene rings is 2. The molecule has 1 aromatic heterocycles. The first-order valence-electron chi connectivity index (χ1n) is 7.73. The molecule has 0 bridgehead atoms. The number of thiazole rings is 1. The van der Waals surface area contributed by atoms with E-state index in [1.807, 2.05) is 55.5 Å². The van der Waals surface area contributed by atoms with Gasteiger partial charge in [0.25, 0.3) is 0 Å². The van der Waals surface area contributed by atoms with Gasteiger partial charge in [-0.05, 0) is 19.1 Å². The molecule has 0 saturated heterocycles. The molecule has 0 aliphatic heterocycles. The third-order valence-corrected chi connectivity index (χ3v) is 5.33. The molecular formula is C19H18N2OS2. The molecular weight excluding hydrogens is 336 g/mol. The van der Waals surface area contributed by atoms with E-state index in [9.17, 15) is 4.79 Å². The van der Waals surface area contributed by atoms with Gasteiger partial charge < -0.3 is 5.32 Å². The van der Waals surface area contributed by atoms with Crippen LogP contribution in [0.5, 0.6) is 0 Å². The molecule has 0 radical (unpaired) electrons. The summed E-state index contributed by atoms with van der Waals surface area (Å²) in [5.41, 5.74) is 2.01. The molecule has 1 amide bonds. The van der Waals surface area contributed by atoms with Gasteiger partial charge >= 0.3 is 0 Å². The molecule has 3 nitrogen and oxygen atoms in total. The Balaban J connectivity index is 1.55. The summed E-state index contributed by atoms with van der Waals surface area (Å²) in [6.45, 7) is 2.03. The van der Waals surface area contributed by atoms with Crippen molar-refractivity contribution in [1.29, 1.82) is 0 Å². The van der Waals surface area contributed by atoms with Gasteiger partial charge in [0, 0.05) is 27.5 Å². The van der Waals surface area contributed by atoms with E-state index in [-0.39, 0.29) is 5.91 Å². The number of thioether (sulfide) groups is 1. The van der Waals surface area contributed by atoms with Gasteiger partial charge in [0.1, 0.15) is 0 Å². The smallest absolute Gasteiger partial charge is 0.226 e. The van der Waals surface area contributed by atoms with Gasteiger partial charge in [-0.15, -0.1) is 23.1 Å². The van der Waals surface area contributed by atoms with Crippen molar-refractivity contribution in [3.63, 3.8) is 0 Å². The Hall–Kier alpha value is -2.11. The van der Waals surface area contributed by atoms with Crippen LogP contribution in [0.15, 0.2) is 65.6 Å². The first-order valence-corrected chi connectivity index (χ1v) is 9.53. The highest BCUT2D eigenvalue weighted by Gasteiger charge is 2.11. The summed E-state index contributed by atoms with van der Waals surface area (Å²) >= 11 is 3.20. The summed E-state index contributed by atoms with van der Waals surface area (Å²) < 4.78 is 0. The predicted molar refractivity (Wildman–Crippen MR) is 103 cm³/mol. The molecule has 0 fully saturated rings. The molecule has 3 aromatic rings. The molecule has 0 spiro atoms. The van der Waals surface area contributed by atoms with Crippen molar-refractivity contribution in [2.24, 2.45) is 0 Å². The van der Waals surface area contributed by atoms with Crippen LogP contribution in [0.1, 0.15) is 11.3 Å². The van der Waals surface area contributed by atoms with Gasteiger partial charge in [-0.25, -0.2) is 4.98 Å². The van der Waals surface area contributed by atoms with Crippen molar-refractivity contribution in [2.75, 3.05) is 11.1 Å². The van der Waals surface area contributed by atoms with Gasteiger partial charge in [-0.1, -0.05) is 48.5 Å². The molecule has 0 aliphatic carbocycles. The minimum atomic E-state index is 0.00629. The Morgan fingerprint density at radius 2 is 1.75 bits per heavy atom. The Morgan fingerprint density at radius 3 is 2.46 bits per heavy atom. The second kappa shape index (κ2) is 8.13. The first kappa shape index (κ1) is 16.7. The predicted octanol–water partition coefficient (Wildman–Crippen LogP) is 5.24. The number of rotatable bonds is 6. The molecule has 122 valence electrons. The highest BCUT2D eigenvalue weighted by Crippen LogP contribution is 2.30. The summed E-state index contributed by atoms with van der Waals surface area (Å²) in [7, 11) is 0. The van der Waals surface area contributed by atoms with E-state index in [2.05, 4.69) is 22.4 Å². The number of anilines is 1.